The van der Waals surface area contributed by atoms with E-state index < -0.39 is 0 Å². The Bertz CT molecular complexity index is 296. The first-order valence-corrected chi connectivity index (χ1v) is 7.66. The van der Waals surface area contributed by atoms with Crippen LogP contribution >= 0.6 is 0 Å². The van der Waals surface area contributed by atoms with Gasteiger partial charge in [0.2, 0.25) is 0 Å². The van der Waals surface area contributed by atoms with E-state index in [0.29, 0.717) is 16.9 Å². The molecule has 1 heteroatoms. The summed E-state index contributed by atoms with van der Waals surface area (Å²) in [4.78, 5) is 0. The van der Waals surface area contributed by atoms with E-state index >= 15 is 0 Å². The maximum absolute atomic E-state index is 6.06. The van der Waals surface area contributed by atoms with Crippen molar-refractivity contribution < 1.29 is 4.74 Å². The van der Waals surface area contributed by atoms with Crippen LogP contribution in [0.15, 0.2) is 0 Å². The first-order valence-electron chi connectivity index (χ1n) is 7.66. The van der Waals surface area contributed by atoms with Gasteiger partial charge in [-0.3, -0.25) is 0 Å². The van der Waals surface area contributed by atoms with Crippen LogP contribution in [0.3, 0.4) is 0 Å². The second-order valence-electron chi connectivity index (χ2n) is 7.64. The lowest BCUT2D eigenvalue weighted by atomic mass is 9.47. The highest BCUT2D eigenvalue weighted by atomic mass is 16.5. The van der Waals surface area contributed by atoms with Crippen molar-refractivity contribution in [1.29, 1.82) is 0 Å². The summed E-state index contributed by atoms with van der Waals surface area (Å²) in [6.07, 6.45) is 10.4. The van der Waals surface area contributed by atoms with E-state index in [1.54, 1.807) is 0 Å². The minimum absolute atomic E-state index is 0.565. The Hall–Kier alpha value is -0.0400. The van der Waals surface area contributed by atoms with E-state index in [1.165, 1.54) is 44.9 Å². The van der Waals surface area contributed by atoms with Crippen molar-refractivity contribution in [3.8, 4) is 0 Å². The third kappa shape index (κ3) is 1.77. The number of fused-ring (bicyclic) bond motifs is 3. The zero-order valence-corrected chi connectivity index (χ0v) is 11.8. The molecule has 0 aromatic carbocycles. The summed E-state index contributed by atoms with van der Waals surface area (Å²) in [6.45, 7) is 8.63. The van der Waals surface area contributed by atoms with E-state index in [2.05, 4.69) is 20.8 Å². The highest BCUT2D eigenvalue weighted by molar-refractivity contribution is 5.04. The van der Waals surface area contributed by atoms with Gasteiger partial charge in [0.05, 0.1) is 6.10 Å². The molecule has 0 bridgehead atoms. The van der Waals surface area contributed by atoms with Crippen LogP contribution in [0.5, 0.6) is 0 Å². The number of hydrogen-bond donors (Lipinski definition) is 0. The van der Waals surface area contributed by atoms with E-state index in [-0.39, 0.29) is 0 Å². The lowest BCUT2D eigenvalue weighted by Gasteiger charge is -2.60. The molecular weight excluding hydrogens is 208 g/mol. The molecule has 2 saturated carbocycles. The van der Waals surface area contributed by atoms with Crippen LogP contribution in [0.2, 0.25) is 0 Å². The summed E-state index contributed by atoms with van der Waals surface area (Å²) < 4.78 is 6.06. The van der Waals surface area contributed by atoms with E-state index in [9.17, 15) is 0 Å². The first kappa shape index (κ1) is 12.0. The summed E-state index contributed by atoms with van der Waals surface area (Å²) in [6, 6.07) is 0. The summed E-state index contributed by atoms with van der Waals surface area (Å²) in [7, 11) is 0. The molecule has 0 aromatic heterocycles. The highest BCUT2D eigenvalue weighted by Crippen LogP contribution is 2.61. The molecule has 0 aromatic rings. The average Bonchev–Trinajstić information content (AvgIpc) is 2.28. The Morgan fingerprint density at radius 3 is 2.59 bits per heavy atom. The Labute approximate surface area is 106 Å². The molecule has 1 saturated heterocycles. The van der Waals surface area contributed by atoms with Gasteiger partial charge >= 0.3 is 0 Å². The summed E-state index contributed by atoms with van der Waals surface area (Å²) in [5, 5.41) is 0. The molecule has 0 radical (unpaired) electrons. The van der Waals surface area contributed by atoms with Crippen LogP contribution in [-0.4, -0.2) is 12.7 Å². The zero-order chi connectivity index (χ0) is 12.1. The van der Waals surface area contributed by atoms with E-state index in [0.717, 1.165) is 18.4 Å². The van der Waals surface area contributed by atoms with Gasteiger partial charge in [-0.05, 0) is 61.2 Å². The van der Waals surface area contributed by atoms with Gasteiger partial charge in [-0.1, -0.05) is 27.2 Å². The van der Waals surface area contributed by atoms with Gasteiger partial charge in [0.25, 0.3) is 0 Å². The monoisotopic (exact) mass is 236 g/mol. The van der Waals surface area contributed by atoms with Crippen LogP contribution in [0, 0.1) is 22.7 Å². The van der Waals surface area contributed by atoms with Crippen LogP contribution < -0.4 is 0 Å². The lowest BCUT2D eigenvalue weighted by molar-refractivity contribution is -0.163. The van der Waals surface area contributed by atoms with Gasteiger partial charge in [0.1, 0.15) is 0 Å². The van der Waals surface area contributed by atoms with Crippen molar-refractivity contribution >= 4 is 0 Å². The van der Waals surface area contributed by atoms with Gasteiger partial charge in [0, 0.05) is 6.61 Å². The molecule has 1 nitrogen and oxygen atoms in total. The molecular formula is C16H28O. The van der Waals surface area contributed by atoms with Crippen molar-refractivity contribution in [2.24, 2.45) is 22.7 Å². The van der Waals surface area contributed by atoms with Gasteiger partial charge in [-0.25, -0.2) is 0 Å². The van der Waals surface area contributed by atoms with Crippen molar-refractivity contribution in [3.63, 3.8) is 0 Å². The second-order valence-corrected chi connectivity index (χ2v) is 7.64. The van der Waals surface area contributed by atoms with Crippen molar-refractivity contribution in [3.05, 3.63) is 0 Å². The second kappa shape index (κ2) is 3.98. The van der Waals surface area contributed by atoms with E-state index in [1.807, 2.05) is 0 Å². The summed E-state index contributed by atoms with van der Waals surface area (Å²) in [5.41, 5.74) is 1.14. The van der Waals surface area contributed by atoms with E-state index in [4.69, 9.17) is 4.74 Å². The van der Waals surface area contributed by atoms with Crippen molar-refractivity contribution in [2.45, 2.75) is 71.8 Å². The number of rotatable bonds is 0. The molecule has 0 amide bonds. The fourth-order valence-electron chi connectivity index (χ4n) is 5.54. The maximum Gasteiger partial charge on any atom is 0.0608 e. The smallest absolute Gasteiger partial charge is 0.0608 e. The fraction of sp³-hybridized carbons (Fsp3) is 1.00. The quantitative estimate of drug-likeness (QED) is 0.605. The zero-order valence-electron chi connectivity index (χ0n) is 11.8. The van der Waals surface area contributed by atoms with Crippen molar-refractivity contribution in [2.75, 3.05) is 6.61 Å². The molecule has 98 valence electrons. The Kier molecular flexibility index (Phi) is 2.81. The lowest BCUT2D eigenvalue weighted by Crippen LogP contribution is -2.54. The standard InChI is InChI=1S/C16H28O/c1-15(2)9-5-10-16(3)12-6-4-11-17-13(12)7-8-14(15)16/h12-14H,4-11H2,1-3H3/t12?,13?,14?,16-/m1/s1. The predicted octanol–water partition coefficient (Wildman–Crippen LogP) is 4.41. The highest BCUT2D eigenvalue weighted by Gasteiger charge is 2.55. The van der Waals surface area contributed by atoms with Crippen LogP contribution in [0.1, 0.15) is 65.7 Å². The van der Waals surface area contributed by atoms with Gasteiger partial charge in [-0.2, -0.15) is 0 Å². The van der Waals surface area contributed by atoms with Gasteiger partial charge < -0.3 is 4.74 Å². The largest absolute Gasteiger partial charge is 0.378 e. The first-order chi connectivity index (χ1) is 8.04. The van der Waals surface area contributed by atoms with Crippen LogP contribution in [0.4, 0.5) is 0 Å². The predicted molar refractivity (Wildman–Crippen MR) is 70.9 cm³/mol. The average molecular weight is 236 g/mol. The molecule has 17 heavy (non-hydrogen) atoms. The third-order valence-corrected chi connectivity index (χ3v) is 6.30. The van der Waals surface area contributed by atoms with Crippen molar-refractivity contribution in [1.82, 2.24) is 0 Å². The molecule has 3 fully saturated rings. The molecule has 2 aliphatic carbocycles. The minimum Gasteiger partial charge on any atom is -0.378 e. The molecule has 0 N–H and O–H groups in total. The molecule has 3 rings (SSSR count). The van der Waals surface area contributed by atoms with Crippen LogP contribution in [-0.2, 0) is 4.74 Å². The Balaban J connectivity index is 1.90. The Morgan fingerprint density at radius 1 is 0.941 bits per heavy atom. The molecule has 4 atom stereocenters. The minimum atomic E-state index is 0.565. The number of hydrogen-bond acceptors (Lipinski definition) is 1. The Morgan fingerprint density at radius 2 is 1.76 bits per heavy atom. The SMILES string of the molecule is CC1(C)CCC[C@]2(C)C3CCCOC3CCC12. The maximum atomic E-state index is 6.06. The summed E-state index contributed by atoms with van der Waals surface area (Å²) >= 11 is 0. The fourth-order valence-corrected chi connectivity index (χ4v) is 5.54. The molecule has 1 heterocycles. The third-order valence-electron chi connectivity index (χ3n) is 6.30. The summed E-state index contributed by atoms with van der Waals surface area (Å²) in [5.74, 6) is 1.79. The van der Waals surface area contributed by atoms with Gasteiger partial charge in [0.15, 0.2) is 0 Å². The normalized spacial score (nSPS) is 49.2. The van der Waals surface area contributed by atoms with Crippen LogP contribution in [0.25, 0.3) is 0 Å². The molecule has 0 spiro atoms. The topological polar surface area (TPSA) is 9.23 Å². The molecule has 3 unspecified atom stereocenters. The van der Waals surface area contributed by atoms with Gasteiger partial charge in [-0.15, -0.1) is 0 Å². The molecule has 1 aliphatic heterocycles. The molecule has 3 aliphatic rings. The number of ether oxygens (including phenoxy) is 1.